The fraction of sp³-hybridized carbons (Fsp3) is 0.0526. The SMILES string of the molecule is CC.N#CSc1ccc(Oc2ccncc2)cc1.Nc1ccc([N+](=O)[O-])cc1N.O=[N+]([O-])c1ccc2nc(Nc3ccc(Oc4ccncc4)cc3)[nH]c2c1. The second-order valence-electron chi connectivity index (χ2n) is 10.5. The number of rotatable bonds is 9. The maximum atomic E-state index is 10.8. The number of H-pyrrole nitrogens is 1. The Kier molecular flexibility index (Phi) is 14.8. The standard InChI is InChI=1S/C18H13N5O3.C12H8N2OS.C6H7N3O2.C2H6/c24-23(25)13-3-6-16-17(11-13)22-18(21-16)20-12-1-4-14(5-2-12)26-15-7-9-19-10-8-15;13-9-16-12-3-1-10(2-4-12)15-11-5-7-14-8-6-11;7-5-2-1-4(9(10)11)3-6(5)8;1-2/h1-11H,(H2,20,21,22);1-8H;1-3H,7-8H2;1-2H3. The zero-order valence-electron chi connectivity index (χ0n) is 29.4. The first-order valence-electron chi connectivity index (χ1n) is 16.3. The van der Waals surface area contributed by atoms with Gasteiger partial charge in [-0.1, -0.05) is 13.8 Å². The van der Waals surface area contributed by atoms with Gasteiger partial charge >= 0.3 is 0 Å². The molecule has 55 heavy (non-hydrogen) atoms. The second kappa shape index (κ2) is 20.4. The lowest BCUT2D eigenvalue weighted by Crippen LogP contribution is -1.96. The molecule has 0 amide bonds. The van der Waals surface area contributed by atoms with Crippen LogP contribution in [-0.4, -0.2) is 29.8 Å². The van der Waals surface area contributed by atoms with Crippen LogP contribution in [0.2, 0.25) is 0 Å². The summed E-state index contributed by atoms with van der Waals surface area (Å²) in [5, 5.41) is 34.7. The number of nitrogens with one attached hydrogen (secondary N) is 2. The molecular weight excluding hydrogens is 725 g/mol. The zero-order chi connectivity index (χ0) is 39.6. The van der Waals surface area contributed by atoms with Crippen LogP contribution in [0.3, 0.4) is 0 Å². The number of aromatic nitrogens is 4. The average Bonchev–Trinajstić information content (AvgIpc) is 3.61. The lowest BCUT2D eigenvalue weighted by atomic mass is 10.2. The Hall–Kier alpha value is -7.71. The topological polar surface area (TPSA) is 247 Å². The van der Waals surface area contributed by atoms with Crippen molar-refractivity contribution in [3.8, 4) is 28.4 Å². The molecule has 0 radical (unpaired) electrons. The van der Waals surface area contributed by atoms with E-state index in [9.17, 15) is 20.2 Å². The number of benzene rings is 4. The van der Waals surface area contributed by atoms with Crippen LogP contribution in [0, 0.1) is 30.9 Å². The number of imidazole rings is 1. The monoisotopic (exact) mass is 758 g/mol. The number of thioether (sulfide) groups is 1. The Labute approximate surface area is 319 Å². The highest BCUT2D eigenvalue weighted by Gasteiger charge is 2.10. The van der Waals surface area contributed by atoms with Gasteiger partial charge in [0, 0.05) is 59.6 Å². The molecule has 0 saturated heterocycles. The Morgan fingerprint density at radius 2 is 1.18 bits per heavy atom. The van der Waals surface area contributed by atoms with Crippen molar-refractivity contribution in [1.82, 2.24) is 19.9 Å². The molecule has 4 aromatic carbocycles. The third kappa shape index (κ3) is 12.5. The van der Waals surface area contributed by atoms with Crippen molar-refractivity contribution in [2.24, 2.45) is 0 Å². The van der Waals surface area contributed by atoms with Crippen molar-refractivity contribution < 1.29 is 19.3 Å². The van der Waals surface area contributed by atoms with Crippen molar-refractivity contribution in [2.45, 2.75) is 18.7 Å². The molecule has 17 heteroatoms. The summed E-state index contributed by atoms with van der Waals surface area (Å²) in [7, 11) is 0. The molecule has 0 atom stereocenters. The first kappa shape index (κ1) is 40.1. The molecule has 0 aliphatic rings. The lowest BCUT2D eigenvalue weighted by Gasteiger charge is -2.07. The molecule has 7 aromatic rings. The number of nitriles is 1. The van der Waals surface area contributed by atoms with Crippen LogP contribution >= 0.6 is 11.8 Å². The number of nitrogens with zero attached hydrogens (tertiary/aromatic N) is 6. The summed E-state index contributed by atoms with van der Waals surface area (Å²) < 4.78 is 11.3. The molecule has 0 bridgehead atoms. The number of nitro benzene ring substituents is 2. The van der Waals surface area contributed by atoms with Gasteiger partial charge in [0.1, 0.15) is 28.4 Å². The lowest BCUT2D eigenvalue weighted by molar-refractivity contribution is -0.384. The molecule has 16 nitrogen and oxygen atoms in total. The summed E-state index contributed by atoms with van der Waals surface area (Å²) in [6.07, 6.45) is 6.68. The zero-order valence-corrected chi connectivity index (χ0v) is 30.2. The number of nitrogens with two attached hydrogens (primary N) is 2. The molecule has 0 aliphatic carbocycles. The predicted molar refractivity (Wildman–Crippen MR) is 212 cm³/mol. The quantitative estimate of drug-likeness (QED) is 0.0352. The average molecular weight is 759 g/mol. The fourth-order valence-electron chi connectivity index (χ4n) is 4.30. The number of hydrogen-bond donors (Lipinski definition) is 4. The van der Waals surface area contributed by atoms with Crippen molar-refractivity contribution in [1.29, 1.82) is 5.26 Å². The van der Waals surface area contributed by atoms with E-state index < -0.39 is 9.85 Å². The molecule has 7 rings (SSSR count). The van der Waals surface area contributed by atoms with Crippen LogP contribution in [-0.2, 0) is 0 Å². The molecule has 3 aromatic heterocycles. The predicted octanol–water partition coefficient (Wildman–Crippen LogP) is 9.63. The molecule has 3 heterocycles. The number of aromatic amines is 1. The summed E-state index contributed by atoms with van der Waals surface area (Å²) >= 11 is 1.13. The molecule has 0 fully saturated rings. The molecular formula is C38H34N10O6S. The number of fused-ring (bicyclic) bond motifs is 1. The van der Waals surface area contributed by atoms with E-state index in [0.717, 1.165) is 33.8 Å². The minimum Gasteiger partial charge on any atom is -0.457 e. The summed E-state index contributed by atoms with van der Waals surface area (Å²) in [6.45, 7) is 4.00. The van der Waals surface area contributed by atoms with Gasteiger partial charge < -0.3 is 31.2 Å². The van der Waals surface area contributed by atoms with Crippen molar-refractivity contribution in [3.63, 3.8) is 0 Å². The smallest absolute Gasteiger partial charge is 0.271 e. The summed E-state index contributed by atoms with van der Waals surface area (Å²) in [4.78, 5) is 36.2. The first-order chi connectivity index (χ1) is 26.7. The largest absolute Gasteiger partial charge is 0.457 e. The second-order valence-corrected chi connectivity index (χ2v) is 11.4. The van der Waals surface area contributed by atoms with Gasteiger partial charge in [0.05, 0.1) is 32.3 Å². The maximum absolute atomic E-state index is 10.8. The number of anilines is 4. The summed E-state index contributed by atoms with van der Waals surface area (Å²) in [5.41, 5.74) is 13.3. The minimum atomic E-state index is -0.518. The Bertz CT molecular complexity index is 2340. The van der Waals surface area contributed by atoms with Crippen LogP contribution in [0.25, 0.3) is 11.0 Å². The first-order valence-corrected chi connectivity index (χ1v) is 17.1. The van der Waals surface area contributed by atoms with E-state index in [2.05, 4.69) is 25.3 Å². The molecule has 0 spiro atoms. The number of hydrogen-bond acceptors (Lipinski definition) is 14. The highest BCUT2D eigenvalue weighted by Crippen LogP contribution is 2.27. The minimum absolute atomic E-state index is 0.0188. The van der Waals surface area contributed by atoms with Crippen LogP contribution < -0.4 is 26.3 Å². The molecule has 0 saturated carbocycles. The van der Waals surface area contributed by atoms with E-state index in [-0.39, 0.29) is 17.1 Å². The Balaban J connectivity index is 0.000000198. The van der Waals surface area contributed by atoms with E-state index in [1.165, 1.54) is 30.3 Å². The summed E-state index contributed by atoms with van der Waals surface area (Å²) in [5.74, 6) is 3.40. The normalized spacial score (nSPS) is 9.76. The third-order valence-corrected chi connectivity index (χ3v) is 7.43. The van der Waals surface area contributed by atoms with Gasteiger partial charge in [-0.25, -0.2) is 4.98 Å². The molecule has 278 valence electrons. The van der Waals surface area contributed by atoms with Gasteiger partial charge in [-0.2, -0.15) is 5.26 Å². The highest BCUT2D eigenvalue weighted by molar-refractivity contribution is 8.03. The molecule has 0 unspecified atom stereocenters. The van der Waals surface area contributed by atoms with Crippen LogP contribution in [0.15, 0.2) is 139 Å². The Morgan fingerprint density at radius 1 is 0.691 bits per heavy atom. The van der Waals surface area contributed by atoms with Gasteiger partial charge in [-0.3, -0.25) is 30.2 Å². The van der Waals surface area contributed by atoms with Gasteiger partial charge in [0.25, 0.3) is 11.4 Å². The number of ether oxygens (including phenoxy) is 2. The van der Waals surface area contributed by atoms with Gasteiger partial charge in [-0.15, -0.1) is 0 Å². The van der Waals surface area contributed by atoms with Gasteiger partial charge in [0.15, 0.2) is 0 Å². The highest BCUT2D eigenvalue weighted by atomic mass is 32.2. The van der Waals surface area contributed by atoms with E-state index in [4.69, 9.17) is 26.2 Å². The van der Waals surface area contributed by atoms with Crippen molar-refractivity contribution in [2.75, 3.05) is 16.8 Å². The van der Waals surface area contributed by atoms with Crippen molar-refractivity contribution in [3.05, 3.63) is 154 Å². The number of nitro groups is 2. The van der Waals surface area contributed by atoms with E-state index in [1.54, 1.807) is 55.1 Å². The number of nitrogen functional groups attached to an aromatic ring is 2. The molecule has 6 N–H and O–H groups in total. The number of non-ortho nitro benzene ring substituents is 2. The van der Waals surface area contributed by atoms with Gasteiger partial charge in [-0.05, 0) is 96.7 Å². The van der Waals surface area contributed by atoms with E-state index in [0.29, 0.717) is 34.2 Å². The van der Waals surface area contributed by atoms with Crippen LogP contribution in [0.5, 0.6) is 23.0 Å². The Morgan fingerprint density at radius 3 is 1.69 bits per heavy atom. The van der Waals surface area contributed by atoms with Crippen molar-refractivity contribution >= 4 is 57.2 Å². The third-order valence-electron chi connectivity index (χ3n) is 6.83. The summed E-state index contributed by atoms with van der Waals surface area (Å²) in [6, 6.07) is 30.3. The number of thiocyanates is 1. The van der Waals surface area contributed by atoms with E-state index in [1.807, 2.05) is 67.8 Å². The molecule has 0 aliphatic heterocycles. The maximum Gasteiger partial charge on any atom is 0.271 e. The van der Waals surface area contributed by atoms with Crippen LogP contribution in [0.1, 0.15) is 13.8 Å². The van der Waals surface area contributed by atoms with E-state index >= 15 is 0 Å². The van der Waals surface area contributed by atoms with Crippen LogP contribution in [0.4, 0.5) is 34.4 Å². The number of pyridine rings is 2. The fourth-order valence-corrected chi connectivity index (χ4v) is 4.68. The van der Waals surface area contributed by atoms with Gasteiger partial charge in [0.2, 0.25) is 5.95 Å².